The number of carbonyl (C=O) groups excluding carboxylic acids is 1. The third-order valence-corrected chi connectivity index (χ3v) is 4.86. The molecule has 24 heavy (non-hydrogen) atoms. The van der Waals surface area contributed by atoms with Crippen LogP contribution in [0, 0.1) is 5.82 Å². The van der Waals surface area contributed by atoms with Crippen molar-refractivity contribution in [2.45, 2.75) is 12.8 Å². The van der Waals surface area contributed by atoms with E-state index in [4.69, 9.17) is 21.1 Å². The van der Waals surface area contributed by atoms with Gasteiger partial charge in [-0.2, -0.15) is 0 Å². The van der Waals surface area contributed by atoms with Crippen LogP contribution < -0.4 is 14.4 Å². The third kappa shape index (κ3) is 2.54. The van der Waals surface area contributed by atoms with Gasteiger partial charge in [0.15, 0.2) is 11.5 Å². The molecule has 0 atom stereocenters. The minimum Gasteiger partial charge on any atom is -0.454 e. The molecule has 2 aromatic rings. The molecule has 0 saturated heterocycles. The summed E-state index contributed by atoms with van der Waals surface area (Å²) in [5, 5.41) is 0.307. The van der Waals surface area contributed by atoms with Crippen molar-refractivity contribution < 1.29 is 18.7 Å². The van der Waals surface area contributed by atoms with Gasteiger partial charge >= 0.3 is 0 Å². The van der Waals surface area contributed by atoms with E-state index < -0.39 is 5.82 Å². The number of rotatable bonds is 1. The van der Waals surface area contributed by atoms with E-state index in [1.165, 1.54) is 17.0 Å². The zero-order valence-electron chi connectivity index (χ0n) is 12.4. The number of carbonyl (C=O) groups is 1. The second-order valence-electron chi connectivity index (χ2n) is 5.65. The molecule has 2 aliphatic rings. The fourth-order valence-corrected chi connectivity index (χ4v) is 3.84. The van der Waals surface area contributed by atoms with Crippen molar-refractivity contribution in [2.24, 2.45) is 0 Å². The number of hydrogen-bond donors (Lipinski definition) is 0. The SMILES string of the molecule is O=C(c1cc(Cl)c2c(c1)OCO2)N1CCCc2cc(Br)cc(F)c21. The molecule has 1 amide bonds. The standard InChI is InChI=1S/C17H12BrClFNO3/c18-11-4-9-2-1-3-21(15(9)13(20)7-11)17(22)10-5-12(19)16-14(6-10)23-8-24-16/h4-7H,1-3,8H2. The second kappa shape index (κ2) is 5.93. The van der Waals surface area contributed by atoms with Crippen LogP contribution in [0.1, 0.15) is 22.3 Å². The third-order valence-electron chi connectivity index (χ3n) is 4.12. The van der Waals surface area contributed by atoms with Gasteiger partial charge in [-0.05, 0) is 42.7 Å². The molecule has 4 rings (SSSR count). The van der Waals surface area contributed by atoms with Gasteiger partial charge in [-0.15, -0.1) is 0 Å². The Bertz CT molecular complexity index is 858. The van der Waals surface area contributed by atoms with E-state index in [2.05, 4.69) is 15.9 Å². The molecule has 0 saturated carbocycles. The Morgan fingerprint density at radius 3 is 2.92 bits per heavy atom. The fourth-order valence-electron chi connectivity index (χ4n) is 3.10. The highest BCUT2D eigenvalue weighted by molar-refractivity contribution is 9.10. The number of hydrogen-bond acceptors (Lipinski definition) is 3. The summed E-state index contributed by atoms with van der Waals surface area (Å²) in [6, 6.07) is 6.34. The topological polar surface area (TPSA) is 38.8 Å². The van der Waals surface area contributed by atoms with Crippen LogP contribution in [0.3, 0.4) is 0 Å². The Kier molecular flexibility index (Phi) is 3.89. The molecule has 2 aromatic carbocycles. The van der Waals surface area contributed by atoms with E-state index in [1.807, 2.05) is 6.07 Å². The number of aryl methyl sites for hydroxylation is 1. The van der Waals surface area contributed by atoms with Crippen molar-refractivity contribution in [1.29, 1.82) is 0 Å². The first kappa shape index (κ1) is 15.7. The monoisotopic (exact) mass is 411 g/mol. The predicted octanol–water partition coefficient (Wildman–Crippen LogP) is 4.56. The number of amides is 1. The maximum Gasteiger partial charge on any atom is 0.258 e. The number of nitrogens with zero attached hydrogens (tertiary/aromatic N) is 1. The maximum atomic E-state index is 14.5. The molecule has 7 heteroatoms. The van der Waals surface area contributed by atoms with Crippen LogP contribution in [-0.2, 0) is 6.42 Å². The first-order valence-corrected chi connectivity index (χ1v) is 8.60. The van der Waals surface area contributed by atoms with Crippen LogP contribution in [0.5, 0.6) is 11.5 Å². The summed E-state index contributed by atoms with van der Waals surface area (Å²) in [6.07, 6.45) is 1.50. The molecule has 0 aromatic heterocycles. The van der Waals surface area contributed by atoms with Crippen LogP contribution in [0.4, 0.5) is 10.1 Å². The van der Waals surface area contributed by atoms with Gasteiger partial charge in [-0.1, -0.05) is 27.5 Å². The molecule has 2 aliphatic heterocycles. The summed E-state index contributed by atoms with van der Waals surface area (Å²) in [6.45, 7) is 0.526. The molecular formula is C17H12BrClFNO3. The average Bonchev–Trinajstić information content (AvgIpc) is 3.02. The van der Waals surface area contributed by atoms with Crippen LogP contribution in [-0.4, -0.2) is 19.2 Å². The number of anilines is 1. The molecule has 0 aliphatic carbocycles. The lowest BCUT2D eigenvalue weighted by Gasteiger charge is -2.30. The first-order valence-electron chi connectivity index (χ1n) is 7.43. The van der Waals surface area contributed by atoms with Gasteiger partial charge in [0.05, 0.1) is 10.7 Å². The quantitative estimate of drug-likeness (QED) is 0.689. The minimum absolute atomic E-state index is 0.0713. The highest BCUT2D eigenvalue weighted by Crippen LogP contribution is 2.41. The van der Waals surface area contributed by atoms with Crippen LogP contribution in [0.15, 0.2) is 28.7 Å². The lowest BCUT2D eigenvalue weighted by Crippen LogP contribution is -2.36. The summed E-state index contributed by atoms with van der Waals surface area (Å²) in [4.78, 5) is 14.4. The number of ether oxygens (including phenoxy) is 2. The van der Waals surface area contributed by atoms with Crippen LogP contribution in [0.25, 0.3) is 0 Å². The molecule has 0 spiro atoms. The summed E-state index contributed by atoms with van der Waals surface area (Å²) in [5.41, 5.74) is 1.50. The van der Waals surface area contributed by atoms with Gasteiger partial charge in [0.2, 0.25) is 6.79 Å². The van der Waals surface area contributed by atoms with Crippen molar-refractivity contribution in [3.8, 4) is 11.5 Å². The fraction of sp³-hybridized carbons (Fsp3) is 0.235. The van der Waals surface area contributed by atoms with Gasteiger partial charge in [-0.25, -0.2) is 4.39 Å². The summed E-state index contributed by atoms with van der Waals surface area (Å²) >= 11 is 9.45. The molecule has 0 fully saturated rings. The molecular weight excluding hydrogens is 401 g/mol. The van der Waals surface area contributed by atoms with Crippen LogP contribution >= 0.6 is 27.5 Å². The molecule has 0 N–H and O–H groups in total. The highest BCUT2D eigenvalue weighted by Gasteiger charge is 2.29. The number of fused-ring (bicyclic) bond motifs is 2. The van der Waals surface area contributed by atoms with Gasteiger partial charge < -0.3 is 14.4 Å². The number of halogens is 3. The average molecular weight is 413 g/mol. The maximum absolute atomic E-state index is 14.5. The van der Waals surface area contributed by atoms with E-state index in [0.717, 1.165) is 18.4 Å². The molecule has 4 nitrogen and oxygen atoms in total. The van der Waals surface area contributed by atoms with Gasteiger partial charge in [0, 0.05) is 16.6 Å². The van der Waals surface area contributed by atoms with E-state index in [-0.39, 0.29) is 12.7 Å². The Balaban J connectivity index is 1.76. The van der Waals surface area contributed by atoms with Crippen molar-refractivity contribution >= 4 is 39.1 Å². The zero-order chi connectivity index (χ0) is 16.8. The Morgan fingerprint density at radius 2 is 2.08 bits per heavy atom. The zero-order valence-corrected chi connectivity index (χ0v) is 14.8. The molecule has 2 heterocycles. The van der Waals surface area contributed by atoms with Crippen molar-refractivity contribution in [3.05, 3.63) is 50.7 Å². The van der Waals surface area contributed by atoms with E-state index in [9.17, 15) is 9.18 Å². The Morgan fingerprint density at radius 1 is 1.25 bits per heavy atom. The molecule has 0 radical (unpaired) electrons. The Labute approximate surface area is 151 Å². The smallest absolute Gasteiger partial charge is 0.258 e. The minimum atomic E-state index is -0.417. The molecule has 0 unspecified atom stereocenters. The summed E-state index contributed by atoms with van der Waals surface area (Å²) < 4.78 is 25.7. The van der Waals surface area contributed by atoms with Crippen molar-refractivity contribution in [1.82, 2.24) is 0 Å². The normalized spacial score (nSPS) is 15.4. The lowest BCUT2D eigenvalue weighted by molar-refractivity contribution is 0.0983. The van der Waals surface area contributed by atoms with E-state index in [1.54, 1.807) is 6.07 Å². The first-order chi connectivity index (χ1) is 11.5. The van der Waals surface area contributed by atoms with Gasteiger partial charge in [0.1, 0.15) is 5.82 Å². The van der Waals surface area contributed by atoms with Crippen molar-refractivity contribution in [2.75, 3.05) is 18.2 Å². The van der Waals surface area contributed by atoms with Crippen molar-refractivity contribution in [3.63, 3.8) is 0 Å². The number of benzene rings is 2. The highest BCUT2D eigenvalue weighted by atomic mass is 79.9. The van der Waals surface area contributed by atoms with Gasteiger partial charge in [0.25, 0.3) is 5.91 Å². The summed E-state index contributed by atoms with van der Waals surface area (Å²) in [7, 11) is 0. The molecule has 124 valence electrons. The van der Waals surface area contributed by atoms with Gasteiger partial charge in [-0.3, -0.25) is 4.79 Å². The van der Waals surface area contributed by atoms with E-state index in [0.29, 0.717) is 38.8 Å². The molecule has 0 bridgehead atoms. The Hall–Kier alpha value is -1.79. The van der Waals surface area contributed by atoms with Crippen LogP contribution in [0.2, 0.25) is 5.02 Å². The second-order valence-corrected chi connectivity index (χ2v) is 6.97. The lowest BCUT2D eigenvalue weighted by atomic mass is 10.00. The largest absolute Gasteiger partial charge is 0.454 e. The summed E-state index contributed by atoms with van der Waals surface area (Å²) in [5.74, 6) is 0.137. The van der Waals surface area contributed by atoms with E-state index >= 15 is 0 Å². The predicted molar refractivity (Wildman–Crippen MR) is 91.7 cm³/mol.